The van der Waals surface area contributed by atoms with Crippen LogP contribution >= 0.6 is 23.4 Å². The fraction of sp³-hybridized carbons (Fsp3) is 0.200. The van der Waals surface area contributed by atoms with Gasteiger partial charge in [-0.2, -0.15) is 0 Å². The Balaban J connectivity index is 1.55. The van der Waals surface area contributed by atoms with Gasteiger partial charge < -0.3 is 5.32 Å². The van der Waals surface area contributed by atoms with Gasteiger partial charge in [0.1, 0.15) is 5.82 Å². The molecule has 6 heteroatoms. The number of hydrogen-bond donors (Lipinski definition) is 1. The molecule has 0 saturated carbocycles. The predicted molar refractivity (Wildman–Crippen MR) is 105 cm³/mol. The first-order valence-electron chi connectivity index (χ1n) is 8.40. The minimum Gasteiger partial charge on any atom is -0.324 e. The molecular formula is C20H16ClFN2OS. The summed E-state index contributed by atoms with van der Waals surface area (Å²) in [5.74, 6) is -0.342. The second-order valence-corrected chi connectivity index (χ2v) is 7.59. The zero-order chi connectivity index (χ0) is 18.1. The van der Waals surface area contributed by atoms with Crippen LogP contribution in [0.2, 0.25) is 5.02 Å². The van der Waals surface area contributed by atoms with E-state index < -0.39 is 5.82 Å². The largest absolute Gasteiger partial charge is 0.324 e. The van der Waals surface area contributed by atoms with Crippen molar-refractivity contribution in [3.05, 3.63) is 64.6 Å². The van der Waals surface area contributed by atoms with Gasteiger partial charge in [0, 0.05) is 16.0 Å². The summed E-state index contributed by atoms with van der Waals surface area (Å²) in [6.07, 6.45) is 3.09. The number of nitrogens with zero attached hydrogens (tertiary/aromatic N) is 1. The predicted octanol–water partition coefficient (Wildman–Crippen LogP) is 5.25. The molecule has 0 saturated heterocycles. The number of aromatic nitrogens is 1. The van der Waals surface area contributed by atoms with Gasteiger partial charge in [0.25, 0.3) is 0 Å². The van der Waals surface area contributed by atoms with Crippen molar-refractivity contribution in [2.45, 2.75) is 24.2 Å². The quantitative estimate of drug-likeness (QED) is 0.623. The van der Waals surface area contributed by atoms with Crippen LogP contribution < -0.4 is 5.32 Å². The molecule has 26 heavy (non-hydrogen) atoms. The number of hydrogen-bond acceptors (Lipinski definition) is 3. The van der Waals surface area contributed by atoms with Gasteiger partial charge >= 0.3 is 0 Å². The van der Waals surface area contributed by atoms with E-state index in [0.717, 1.165) is 40.8 Å². The SMILES string of the molecule is O=C(CSc1c2c(nc3ccccc13)CCC2)Nc1ccc(F)cc1Cl. The van der Waals surface area contributed by atoms with Crippen LogP contribution in [-0.2, 0) is 17.6 Å². The van der Waals surface area contributed by atoms with Gasteiger partial charge in [0.2, 0.25) is 5.91 Å². The summed E-state index contributed by atoms with van der Waals surface area (Å²) in [4.78, 5) is 18.3. The summed E-state index contributed by atoms with van der Waals surface area (Å²) in [6.45, 7) is 0. The summed E-state index contributed by atoms with van der Waals surface area (Å²) in [5, 5.41) is 4.03. The summed E-state index contributed by atoms with van der Waals surface area (Å²) in [6, 6.07) is 12.0. The van der Waals surface area contributed by atoms with Gasteiger partial charge in [-0.05, 0) is 49.1 Å². The number of carbonyl (C=O) groups is 1. The Hall–Kier alpha value is -2.11. The van der Waals surface area contributed by atoms with Gasteiger partial charge in [-0.3, -0.25) is 9.78 Å². The smallest absolute Gasteiger partial charge is 0.234 e. The molecule has 0 spiro atoms. The molecule has 0 radical (unpaired) electrons. The number of anilines is 1. The number of thioether (sulfide) groups is 1. The third-order valence-electron chi connectivity index (χ3n) is 4.42. The van der Waals surface area contributed by atoms with E-state index in [2.05, 4.69) is 11.4 Å². The van der Waals surface area contributed by atoms with Crippen LogP contribution in [-0.4, -0.2) is 16.6 Å². The lowest BCUT2D eigenvalue weighted by Gasteiger charge is -2.12. The molecule has 0 unspecified atom stereocenters. The number of rotatable bonds is 4. The maximum atomic E-state index is 13.1. The van der Waals surface area contributed by atoms with E-state index in [0.29, 0.717) is 5.69 Å². The van der Waals surface area contributed by atoms with E-state index >= 15 is 0 Å². The van der Waals surface area contributed by atoms with Crippen LogP contribution in [0.15, 0.2) is 47.4 Å². The van der Waals surface area contributed by atoms with E-state index in [9.17, 15) is 9.18 Å². The van der Waals surface area contributed by atoms with Crippen molar-refractivity contribution in [2.24, 2.45) is 0 Å². The molecule has 0 atom stereocenters. The van der Waals surface area contributed by atoms with E-state index in [1.54, 1.807) is 0 Å². The van der Waals surface area contributed by atoms with Gasteiger partial charge in [0.15, 0.2) is 0 Å². The second-order valence-electron chi connectivity index (χ2n) is 6.20. The normalized spacial score (nSPS) is 13.0. The van der Waals surface area contributed by atoms with E-state index in [4.69, 9.17) is 16.6 Å². The Labute approximate surface area is 160 Å². The Morgan fingerprint density at radius 3 is 2.92 bits per heavy atom. The summed E-state index contributed by atoms with van der Waals surface area (Å²) >= 11 is 7.50. The monoisotopic (exact) mass is 386 g/mol. The van der Waals surface area contributed by atoms with Gasteiger partial charge in [0.05, 0.1) is 22.0 Å². The Morgan fingerprint density at radius 1 is 1.23 bits per heavy atom. The summed E-state index contributed by atoms with van der Waals surface area (Å²) in [5.41, 5.74) is 3.80. The van der Waals surface area contributed by atoms with Crippen LogP contribution in [0.4, 0.5) is 10.1 Å². The number of pyridine rings is 1. The highest BCUT2D eigenvalue weighted by Crippen LogP contribution is 2.36. The lowest BCUT2D eigenvalue weighted by Crippen LogP contribution is -2.14. The van der Waals surface area contributed by atoms with E-state index in [1.807, 2.05) is 18.2 Å². The Morgan fingerprint density at radius 2 is 2.08 bits per heavy atom. The topological polar surface area (TPSA) is 42.0 Å². The lowest BCUT2D eigenvalue weighted by molar-refractivity contribution is -0.113. The van der Waals surface area contributed by atoms with Crippen molar-refractivity contribution in [2.75, 3.05) is 11.1 Å². The molecule has 1 aliphatic rings. The van der Waals surface area contributed by atoms with Crippen LogP contribution in [0.25, 0.3) is 10.9 Å². The zero-order valence-electron chi connectivity index (χ0n) is 13.9. The van der Waals surface area contributed by atoms with Crippen molar-refractivity contribution in [3.63, 3.8) is 0 Å². The number of benzene rings is 2. The van der Waals surface area contributed by atoms with Crippen molar-refractivity contribution < 1.29 is 9.18 Å². The number of nitrogens with one attached hydrogen (secondary N) is 1. The van der Waals surface area contributed by atoms with Gasteiger partial charge in [-0.15, -0.1) is 11.8 Å². The van der Waals surface area contributed by atoms with E-state index in [1.165, 1.54) is 35.5 Å². The fourth-order valence-electron chi connectivity index (χ4n) is 3.25. The van der Waals surface area contributed by atoms with Gasteiger partial charge in [-0.1, -0.05) is 29.8 Å². The van der Waals surface area contributed by atoms with Crippen LogP contribution in [0.3, 0.4) is 0 Å². The number of para-hydroxylation sites is 1. The molecule has 3 nitrogen and oxygen atoms in total. The molecule has 3 aromatic rings. The highest BCUT2D eigenvalue weighted by Gasteiger charge is 2.20. The third-order valence-corrected chi connectivity index (χ3v) is 5.89. The van der Waals surface area contributed by atoms with Crippen molar-refractivity contribution in [1.29, 1.82) is 0 Å². The molecular weight excluding hydrogens is 371 g/mol. The Bertz CT molecular complexity index is 1010. The maximum Gasteiger partial charge on any atom is 0.234 e. The molecule has 132 valence electrons. The highest BCUT2D eigenvalue weighted by molar-refractivity contribution is 8.00. The molecule has 1 heterocycles. The van der Waals surface area contributed by atoms with Crippen molar-refractivity contribution in [1.82, 2.24) is 4.98 Å². The number of aryl methyl sites for hydroxylation is 1. The van der Waals surface area contributed by atoms with Crippen molar-refractivity contribution in [3.8, 4) is 0 Å². The molecule has 2 aromatic carbocycles. The standard InChI is InChI=1S/C20H16ClFN2OS/c21-15-10-12(22)8-9-18(15)24-19(25)11-26-20-13-4-1-2-6-16(13)23-17-7-3-5-14(17)20/h1-2,4,6,8-10H,3,5,7,11H2,(H,24,25). The minimum absolute atomic E-state index is 0.170. The lowest BCUT2D eigenvalue weighted by atomic mass is 10.1. The number of carbonyl (C=O) groups excluding carboxylic acids is 1. The molecule has 1 amide bonds. The first-order valence-corrected chi connectivity index (χ1v) is 9.76. The molecule has 1 aliphatic carbocycles. The molecule has 1 N–H and O–H groups in total. The summed E-state index contributed by atoms with van der Waals surface area (Å²) < 4.78 is 13.1. The third kappa shape index (κ3) is 3.41. The molecule has 1 aromatic heterocycles. The fourth-order valence-corrected chi connectivity index (χ4v) is 4.53. The average Bonchev–Trinajstić information content (AvgIpc) is 3.09. The molecule has 0 aliphatic heterocycles. The average molecular weight is 387 g/mol. The molecule has 4 rings (SSSR count). The van der Waals surface area contributed by atoms with Crippen LogP contribution in [0.1, 0.15) is 17.7 Å². The zero-order valence-corrected chi connectivity index (χ0v) is 15.5. The second kappa shape index (κ2) is 7.25. The minimum atomic E-state index is -0.429. The number of halogens is 2. The first kappa shape index (κ1) is 17.3. The Kier molecular flexibility index (Phi) is 4.83. The number of amides is 1. The van der Waals surface area contributed by atoms with E-state index in [-0.39, 0.29) is 16.7 Å². The maximum absolute atomic E-state index is 13.1. The molecule has 0 fully saturated rings. The highest BCUT2D eigenvalue weighted by atomic mass is 35.5. The van der Waals surface area contributed by atoms with Crippen LogP contribution in [0.5, 0.6) is 0 Å². The first-order chi connectivity index (χ1) is 12.6. The molecule has 0 bridgehead atoms. The van der Waals surface area contributed by atoms with Gasteiger partial charge in [-0.25, -0.2) is 4.39 Å². The number of fused-ring (bicyclic) bond motifs is 2. The summed E-state index contributed by atoms with van der Waals surface area (Å²) in [7, 11) is 0. The van der Waals surface area contributed by atoms with Crippen LogP contribution in [0, 0.1) is 5.82 Å². The van der Waals surface area contributed by atoms with Crippen molar-refractivity contribution >= 4 is 45.9 Å².